The van der Waals surface area contributed by atoms with Gasteiger partial charge in [-0.15, -0.1) is 0 Å². The Kier molecular flexibility index (Phi) is 5.42. The van der Waals surface area contributed by atoms with Gasteiger partial charge in [0, 0.05) is 28.6 Å². The number of pyridine rings is 1. The van der Waals surface area contributed by atoms with Gasteiger partial charge in [0.05, 0.1) is 7.11 Å². The molecule has 0 unspecified atom stereocenters. The van der Waals surface area contributed by atoms with Crippen LogP contribution >= 0.6 is 0 Å². The molecule has 0 radical (unpaired) electrons. The third-order valence-corrected chi connectivity index (χ3v) is 4.05. The van der Waals surface area contributed by atoms with E-state index in [9.17, 15) is 9.18 Å². The van der Waals surface area contributed by atoms with Crippen LogP contribution in [0.5, 0.6) is 11.5 Å². The average Bonchev–Trinajstić information content (AvgIpc) is 2.68. The van der Waals surface area contributed by atoms with E-state index < -0.39 is 18.4 Å². The molecule has 1 aromatic heterocycles. The number of aromatic nitrogens is 1. The van der Waals surface area contributed by atoms with Gasteiger partial charge in [-0.05, 0) is 42.0 Å². The topological polar surface area (TPSA) is 121 Å². The Morgan fingerprint density at radius 2 is 1.86 bits per heavy atom. The predicted molar refractivity (Wildman–Crippen MR) is 103 cm³/mol. The van der Waals surface area contributed by atoms with Gasteiger partial charge in [0.2, 0.25) is 0 Å². The number of nitrogens with two attached hydrogens (primary N) is 2. The number of carbonyl (C=O) groups is 1. The Balaban J connectivity index is 2.07. The van der Waals surface area contributed by atoms with Crippen molar-refractivity contribution in [3.8, 4) is 33.8 Å². The largest absolute Gasteiger partial charge is 0.493 e. The molecule has 0 amide bonds. The number of hydrogen-bond donors (Lipinski definition) is 3. The van der Waals surface area contributed by atoms with Crippen molar-refractivity contribution in [1.29, 1.82) is 0 Å². The molecule has 144 valence electrons. The van der Waals surface area contributed by atoms with E-state index in [1.54, 1.807) is 30.3 Å². The molecule has 0 aliphatic rings. The van der Waals surface area contributed by atoms with E-state index in [2.05, 4.69) is 4.98 Å². The van der Waals surface area contributed by atoms with Crippen LogP contribution in [-0.4, -0.2) is 29.8 Å². The molecule has 0 fully saturated rings. The van der Waals surface area contributed by atoms with Crippen LogP contribution in [0.15, 0.2) is 48.7 Å². The van der Waals surface area contributed by atoms with Crippen LogP contribution in [0, 0.1) is 5.82 Å². The summed E-state index contributed by atoms with van der Waals surface area (Å²) in [7, 11) is 1.43. The van der Waals surface area contributed by atoms with Crippen molar-refractivity contribution in [3.05, 3.63) is 54.5 Å². The number of methoxy groups -OCH3 is 1. The quantitative estimate of drug-likeness (QED) is 0.352. The number of ether oxygens (including phenoxy) is 2. The summed E-state index contributed by atoms with van der Waals surface area (Å²) in [5, 5.41) is 8.90. The first-order valence-electron chi connectivity index (χ1n) is 8.23. The van der Waals surface area contributed by atoms with Gasteiger partial charge >= 0.3 is 5.97 Å². The molecular weight excluding hydrogens is 365 g/mol. The van der Waals surface area contributed by atoms with Gasteiger partial charge in [-0.3, -0.25) is 0 Å². The minimum absolute atomic E-state index is 0.135. The molecule has 1 heterocycles. The summed E-state index contributed by atoms with van der Waals surface area (Å²) in [6, 6.07) is 10.9. The van der Waals surface area contributed by atoms with Gasteiger partial charge in [0.1, 0.15) is 18.2 Å². The fourth-order valence-electron chi connectivity index (χ4n) is 2.69. The van der Waals surface area contributed by atoms with Crippen LogP contribution in [0.25, 0.3) is 22.3 Å². The van der Waals surface area contributed by atoms with Crippen LogP contribution in [0.2, 0.25) is 0 Å². The third kappa shape index (κ3) is 3.86. The number of anilines is 2. The molecule has 28 heavy (non-hydrogen) atoms. The Bertz CT molecular complexity index is 1040. The zero-order chi connectivity index (χ0) is 20.3. The Hall–Kier alpha value is -3.65. The Labute approximate surface area is 160 Å². The molecular formula is C20H18FN3O4. The highest BCUT2D eigenvalue weighted by molar-refractivity contribution is 5.81. The lowest BCUT2D eigenvalue weighted by Gasteiger charge is -2.12. The summed E-state index contributed by atoms with van der Waals surface area (Å²) in [6.45, 7) is -0.766. The molecule has 0 aliphatic heterocycles. The van der Waals surface area contributed by atoms with E-state index in [0.717, 1.165) is 0 Å². The standard InChI is InChI=1S/C20H18FN3O4/c1-27-17-5-2-11(7-18(17)28-19(26)10-25)12-6-15(20(23)24-9-12)14-4-3-13(22)8-16(14)21/h2-9,25H,10,22H2,1H3,(H2,23,24). The lowest BCUT2D eigenvalue weighted by molar-refractivity contribution is -0.137. The number of nitrogen functional groups attached to an aromatic ring is 2. The minimum atomic E-state index is -0.824. The zero-order valence-corrected chi connectivity index (χ0v) is 15.0. The number of hydrogen-bond acceptors (Lipinski definition) is 7. The summed E-state index contributed by atoms with van der Waals surface area (Å²) >= 11 is 0. The maximum absolute atomic E-state index is 14.3. The molecule has 0 bridgehead atoms. The Morgan fingerprint density at radius 3 is 2.54 bits per heavy atom. The zero-order valence-electron chi connectivity index (χ0n) is 15.0. The molecule has 0 saturated heterocycles. The van der Waals surface area contributed by atoms with Crippen molar-refractivity contribution in [3.63, 3.8) is 0 Å². The van der Waals surface area contributed by atoms with Gasteiger partial charge in [-0.25, -0.2) is 14.2 Å². The second-order valence-electron chi connectivity index (χ2n) is 5.89. The molecule has 0 atom stereocenters. The van der Waals surface area contributed by atoms with Crippen LogP contribution in [-0.2, 0) is 4.79 Å². The summed E-state index contributed by atoms with van der Waals surface area (Å²) in [6.07, 6.45) is 1.52. The van der Waals surface area contributed by atoms with E-state index in [1.807, 2.05) is 0 Å². The molecule has 3 aromatic rings. The predicted octanol–water partition coefficient (Wildman–Crippen LogP) is 2.63. The number of aliphatic hydroxyl groups excluding tert-OH is 1. The monoisotopic (exact) mass is 383 g/mol. The lowest BCUT2D eigenvalue weighted by Crippen LogP contribution is -2.12. The maximum Gasteiger partial charge on any atom is 0.337 e. The van der Waals surface area contributed by atoms with Gasteiger partial charge in [0.25, 0.3) is 0 Å². The normalized spacial score (nSPS) is 10.5. The second-order valence-corrected chi connectivity index (χ2v) is 5.89. The third-order valence-electron chi connectivity index (χ3n) is 4.05. The average molecular weight is 383 g/mol. The van der Waals surface area contributed by atoms with Crippen LogP contribution in [0.4, 0.5) is 15.9 Å². The van der Waals surface area contributed by atoms with Gasteiger partial charge in [-0.2, -0.15) is 0 Å². The van der Waals surface area contributed by atoms with Crippen molar-refractivity contribution in [2.75, 3.05) is 25.2 Å². The maximum atomic E-state index is 14.3. The van der Waals surface area contributed by atoms with Gasteiger partial charge in [0.15, 0.2) is 11.5 Å². The van der Waals surface area contributed by atoms with Crippen LogP contribution in [0.3, 0.4) is 0 Å². The molecule has 5 N–H and O–H groups in total. The number of benzene rings is 2. The number of nitrogens with zero attached hydrogens (tertiary/aromatic N) is 1. The van der Waals surface area contributed by atoms with Gasteiger partial charge in [-0.1, -0.05) is 6.07 Å². The van der Waals surface area contributed by atoms with Crippen LogP contribution < -0.4 is 20.9 Å². The van der Waals surface area contributed by atoms with Crippen molar-refractivity contribution in [2.24, 2.45) is 0 Å². The second kappa shape index (κ2) is 7.93. The highest BCUT2D eigenvalue weighted by atomic mass is 19.1. The Morgan fingerprint density at radius 1 is 1.07 bits per heavy atom. The number of rotatable bonds is 5. The van der Waals surface area contributed by atoms with E-state index in [0.29, 0.717) is 28.1 Å². The molecule has 2 aromatic carbocycles. The lowest BCUT2D eigenvalue weighted by atomic mass is 10.00. The molecule has 0 saturated carbocycles. The highest BCUT2D eigenvalue weighted by Gasteiger charge is 2.14. The van der Waals surface area contributed by atoms with Crippen molar-refractivity contribution in [2.45, 2.75) is 0 Å². The molecule has 3 rings (SSSR count). The molecule has 8 heteroatoms. The van der Waals surface area contributed by atoms with Gasteiger partial charge < -0.3 is 26.0 Å². The summed E-state index contributed by atoms with van der Waals surface area (Å²) in [4.78, 5) is 15.6. The summed E-state index contributed by atoms with van der Waals surface area (Å²) in [5.74, 6) is -0.726. The fraction of sp³-hybridized carbons (Fsp3) is 0.100. The first kappa shape index (κ1) is 19.1. The number of halogens is 1. The first-order chi connectivity index (χ1) is 13.4. The van der Waals surface area contributed by atoms with Crippen molar-refractivity contribution in [1.82, 2.24) is 4.98 Å². The highest BCUT2D eigenvalue weighted by Crippen LogP contribution is 2.36. The van der Waals surface area contributed by atoms with E-state index in [1.165, 1.54) is 25.4 Å². The summed E-state index contributed by atoms with van der Waals surface area (Å²) < 4.78 is 24.6. The number of carbonyl (C=O) groups excluding carboxylic acids is 1. The van der Waals surface area contributed by atoms with E-state index >= 15 is 0 Å². The summed E-state index contributed by atoms with van der Waals surface area (Å²) in [5.41, 5.74) is 13.8. The van der Waals surface area contributed by atoms with Crippen molar-refractivity contribution < 1.29 is 23.8 Å². The minimum Gasteiger partial charge on any atom is -0.493 e. The molecule has 0 spiro atoms. The SMILES string of the molecule is COc1ccc(-c2cnc(N)c(-c3ccc(N)cc3F)c2)cc1OC(=O)CO. The molecule has 0 aliphatic carbocycles. The molecule has 7 nitrogen and oxygen atoms in total. The smallest absolute Gasteiger partial charge is 0.337 e. The number of esters is 1. The van der Waals surface area contributed by atoms with Crippen molar-refractivity contribution >= 4 is 17.5 Å². The fourth-order valence-corrected chi connectivity index (χ4v) is 2.69. The van der Waals surface area contributed by atoms with E-state index in [4.69, 9.17) is 26.0 Å². The van der Waals surface area contributed by atoms with Crippen LogP contribution in [0.1, 0.15) is 0 Å². The number of aliphatic hydroxyl groups is 1. The van der Waals surface area contributed by atoms with E-state index in [-0.39, 0.29) is 17.1 Å². The first-order valence-corrected chi connectivity index (χ1v) is 8.23.